The van der Waals surface area contributed by atoms with E-state index in [2.05, 4.69) is 10.6 Å². The van der Waals surface area contributed by atoms with E-state index in [-0.39, 0.29) is 6.03 Å². The quantitative estimate of drug-likeness (QED) is 0.748. The van der Waals surface area contributed by atoms with Crippen LogP contribution >= 0.6 is 0 Å². The van der Waals surface area contributed by atoms with Gasteiger partial charge in [0.25, 0.3) is 0 Å². The van der Waals surface area contributed by atoms with Gasteiger partial charge in [0.15, 0.2) is 0 Å². The van der Waals surface area contributed by atoms with Crippen molar-refractivity contribution in [3.8, 4) is 5.75 Å². The Morgan fingerprint density at radius 3 is 2.75 bits per heavy atom. The van der Waals surface area contributed by atoms with Crippen LogP contribution in [0.3, 0.4) is 0 Å². The Bertz CT molecular complexity index is 599. The molecule has 0 spiro atoms. The number of anilines is 2. The SMILES string of the molecule is COc1cccc(NC(=O)NCc2ccccc2N)c1. The number of amides is 2. The van der Waals surface area contributed by atoms with E-state index in [0.29, 0.717) is 23.7 Å². The second-order valence-electron chi connectivity index (χ2n) is 4.24. The summed E-state index contributed by atoms with van der Waals surface area (Å²) in [7, 11) is 1.58. The van der Waals surface area contributed by atoms with Crippen molar-refractivity contribution < 1.29 is 9.53 Å². The zero-order chi connectivity index (χ0) is 14.4. The van der Waals surface area contributed by atoms with Crippen molar-refractivity contribution in [2.45, 2.75) is 6.54 Å². The number of hydrogen-bond donors (Lipinski definition) is 3. The molecule has 20 heavy (non-hydrogen) atoms. The summed E-state index contributed by atoms with van der Waals surface area (Å²) < 4.78 is 5.09. The molecule has 0 fully saturated rings. The van der Waals surface area contributed by atoms with Gasteiger partial charge in [-0.1, -0.05) is 24.3 Å². The van der Waals surface area contributed by atoms with Gasteiger partial charge < -0.3 is 21.1 Å². The van der Waals surface area contributed by atoms with Crippen molar-refractivity contribution in [2.24, 2.45) is 0 Å². The van der Waals surface area contributed by atoms with E-state index in [9.17, 15) is 4.79 Å². The molecule has 2 aromatic rings. The van der Waals surface area contributed by atoms with Crippen molar-refractivity contribution in [3.05, 3.63) is 54.1 Å². The van der Waals surface area contributed by atoms with Crippen molar-refractivity contribution in [3.63, 3.8) is 0 Å². The van der Waals surface area contributed by atoms with E-state index in [0.717, 1.165) is 5.56 Å². The lowest BCUT2D eigenvalue weighted by Gasteiger charge is -2.10. The lowest BCUT2D eigenvalue weighted by atomic mass is 10.2. The molecule has 5 nitrogen and oxygen atoms in total. The van der Waals surface area contributed by atoms with Gasteiger partial charge in [0.2, 0.25) is 0 Å². The normalized spacial score (nSPS) is 9.85. The van der Waals surface area contributed by atoms with E-state index in [1.165, 1.54) is 0 Å². The molecule has 0 unspecified atom stereocenters. The molecule has 0 radical (unpaired) electrons. The Hall–Kier alpha value is -2.69. The van der Waals surface area contributed by atoms with Crippen molar-refractivity contribution in [2.75, 3.05) is 18.2 Å². The molecule has 0 aliphatic carbocycles. The van der Waals surface area contributed by atoms with Gasteiger partial charge in [-0.15, -0.1) is 0 Å². The third-order valence-electron chi connectivity index (χ3n) is 2.82. The van der Waals surface area contributed by atoms with E-state index in [4.69, 9.17) is 10.5 Å². The van der Waals surface area contributed by atoms with Gasteiger partial charge in [-0.2, -0.15) is 0 Å². The summed E-state index contributed by atoms with van der Waals surface area (Å²) in [5.74, 6) is 0.690. The molecule has 104 valence electrons. The highest BCUT2D eigenvalue weighted by atomic mass is 16.5. The highest BCUT2D eigenvalue weighted by Crippen LogP contribution is 2.16. The van der Waals surface area contributed by atoms with Gasteiger partial charge in [0.05, 0.1) is 7.11 Å². The minimum absolute atomic E-state index is 0.290. The Labute approximate surface area is 117 Å². The average molecular weight is 271 g/mol. The number of nitrogens with one attached hydrogen (secondary N) is 2. The Kier molecular flexibility index (Phi) is 4.44. The summed E-state index contributed by atoms with van der Waals surface area (Å²) in [6, 6.07) is 14.3. The second kappa shape index (κ2) is 6.47. The highest BCUT2D eigenvalue weighted by Gasteiger charge is 2.04. The molecule has 4 N–H and O–H groups in total. The molecule has 0 saturated carbocycles. The molecule has 0 atom stereocenters. The summed E-state index contributed by atoms with van der Waals surface area (Å²) in [4.78, 5) is 11.8. The second-order valence-corrected chi connectivity index (χ2v) is 4.24. The molecule has 2 amide bonds. The first-order chi connectivity index (χ1) is 9.69. The van der Waals surface area contributed by atoms with Gasteiger partial charge >= 0.3 is 6.03 Å². The maximum absolute atomic E-state index is 11.8. The minimum atomic E-state index is -0.290. The molecule has 0 saturated heterocycles. The topological polar surface area (TPSA) is 76.4 Å². The standard InChI is InChI=1S/C15H17N3O2/c1-20-13-7-4-6-12(9-13)18-15(19)17-10-11-5-2-3-8-14(11)16/h2-9H,10,16H2,1H3,(H2,17,18,19). The van der Waals surface area contributed by atoms with Gasteiger partial charge in [-0.3, -0.25) is 0 Å². The first-order valence-corrected chi connectivity index (χ1v) is 6.21. The fourth-order valence-electron chi connectivity index (χ4n) is 1.75. The Balaban J connectivity index is 1.91. The van der Waals surface area contributed by atoms with Gasteiger partial charge in [0, 0.05) is 24.0 Å². The number of nitrogen functional groups attached to an aromatic ring is 1. The summed E-state index contributed by atoms with van der Waals surface area (Å²) >= 11 is 0. The molecular weight excluding hydrogens is 254 g/mol. The maximum Gasteiger partial charge on any atom is 0.319 e. The van der Waals surface area contributed by atoms with Crippen LogP contribution < -0.4 is 21.1 Å². The van der Waals surface area contributed by atoms with Gasteiger partial charge in [0.1, 0.15) is 5.75 Å². The predicted molar refractivity (Wildman–Crippen MR) is 79.7 cm³/mol. The van der Waals surface area contributed by atoms with E-state index >= 15 is 0 Å². The van der Waals surface area contributed by atoms with Crippen LogP contribution in [0.4, 0.5) is 16.2 Å². The van der Waals surface area contributed by atoms with Crippen LogP contribution in [0.2, 0.25) is 0 Å². The van der Waals surface area contributed by atoms with Crippen molar-refractivity contribution in [1.82, 2.24) is 5.32 Å². The summed E-state index contributed by atoms with van der Waals surface area (Å²) in [5.41, 5.74) is 8.02. The van der Waals surface area contributed by atoms with Crippen LogP contribution in [-0.2, 0) is 6.54 Å². The summed E-state index contributed by atoms with van der Waals surface area (Å²) in [6.45, 7) is 0.377. The zero-order valence-corrected chi connectivity index (χ0v) is 11.2. The van der Waals surface area contributed by atoms with E-state index < -0.39 is 0 Å². The molecule has 0 bridgehead atoms. The zero-order valence-electron chi connectivity index (χ0n) is 11.2. The lowest BCUT2D eigenvalue weighted by Crippen LogP contribution is -2.28. The lowest BCUT2D eigenvalue weighted by molar-refractivity contribution is 0.252. The summed E-state index contributed by atoms with van der Waals surface area (Å²) in [6.07, 6.45) is 0. The fraction of sp³-hybridized carbons (Fsp3) is 0.133. The third kappa shape index (κ3) is 3.65. The molecule has 0 aliphatic rings. The Morgan fingerprint density at radius 1 is 1.20 bits per heavy atom. The number of methoxy groups -OCH3 is 1. The monoisotopic (exact) mass is 271 g/mol. The molecule has 5 heteroatoms. The number of nitrogens with two attached hydrogens (primary N) is 1. The largest absolute Gasteiger partial charge is 0.497 e. The number of benzene rings is 2. The molecule has 2 rings (SSSR count). The van der Waals surface area contributed by atoms with Crippen LogP contribution in [-0.4, -0.2) is 13.1 Å². The fourth-order valence-corrected chi connectivity index (χ4v) is 1.75. The molecule has 0 aliphatic heterocycles. The number of urea groups is 1. The van der Waals surface area contributed by atoms with Crippen LogP contribution in [0, 0.1) is 0 Å². The van der Waals surface area contributed by atoms with E-state index in [1.807, 2.05) is 30.3 Å². The molecule has 2 aromatic carbocycles. The first-order valence-electron chi connectivity index (χ1n) is 6.21. The van der Waals surface area contributed by atoms with Crippen LogP contribution in [0.5, 0.6) is 5.75 Å². The highest BCUT2D eigenvalue weighted by molar-refractivity contribution is 5.89. The maximum atomic E-state index is 11.8. The number of rotatable bonds is 4. The van der Waals surface area contributed by atoms with Gasteiger partial charge in [-0.25, -0.2) is 4.79 Å². The van der Waals surface area contributed by atoms with Crippen molar-refractivity contribution in [1.29, 1.82) is 0 Å². The van der Waals surface area contributed by atoms with Crippen LogP contribution in [0.1, 0.15) is 5.56 Å². The predicted octanol–water partition coefficient (Wildman–Crippen LogP) is 2.60. The molecular formula is C15H17N3O2. The number of carbonyl (C=O) groups excluding carboxylic acids is 1. The smallest absolute Gasteiger partial charge is 0.319 e. The third-order valence-corrected chi connectivity index (χ3v) is 2.82. The number of hydrogen-bond acceptors (Lipinski definition) is 3. The Morgan fingerprint density at radius 2 is 2.00 bits per heavy atom. The summed E-state index contributed by atoms with van der Waals surface area (Å²) in [5, 5.41) is 5.49. The van der Waals surface area contributed by atoms with Crippen molar-refractivity contribution >= 4 is 17.4 Å². The number of carbonyl (C=O) groups is 1. The average Bonchev–Trinajstić information content (AvgIpc) is 2.46. The minimum Gasteiger partial charge on any atom is -0.497 e. The molecule has 0 heterocycles. The van der Waals surface area contributed by atoms with Crippen LogP contribution in [0.15, 0.2) is 48.5 Å². The first kappa shape index (κ1) is 13.7. The van der Waals surface area contributed by atoms with Crippen LogP contribution in [0.25, 0.3) is 0 Å². The van der Waals surface area contributed by atoms with Gasteiger partial charge in [-0.05, 0) is 23.8 Å². The number of ether oxygens (including phenoxy) is 1. The van der Waals surface area contributed by atoms with E-state index in [1.54, 1.807) is 25.3 Å². The number of para-hydroxylation sites is 1. The molecule has 0 aromatic heterocycles.